The van der Waals surface area contributed by atoms with Crippen molar-refractivity contribution in [3.05, 3.63) is 33.8 Å². The Labute approximate surface area is 106 Å². The lowest BCUT2D eigenvalue weighted by molar-refractivity contribution is 0.158. The first-order valence-corrected chi connectivity index (χ1v) is 6.21. The molecule has 1 aromatic carbocycles. The van der Waals surface area contributed by atoms with E-state index in [1.807, 2.05) is 12.1 Å². The van der Waals surface area contributed by atoms with Gasteiger partial charge in [-0.1, -0.05) is 29.3 Å². The molecule has 0 aliphatic carbocycles. The number of hydrogen-bond acceptors (Lipinski definition) is 2. The third kappa shape index (κ3) is 2.21. The fourth-order valence-corrected chi connectivity index (χ4v) is 2.57. The van der Waals surface area contributed by atoms with Gasteiger partial charge in [0.05, 0.1) is 16.7 Å². The summed E-state index contributed by atoms with van der Waals surface area (Å²) < 4.78 is 0. The third-order valence-corrected chi connectivity index (χ3v) is 4.13. The van der Waals surface area contributed by atoms with Gasteiger partial charge in [-0.05, 0) is 43.6 Å². The van der Waals surface area contributed by atoms with Gasteiger partial charge >= 0.3 is 0 Å². The lowest BCUT2D eigenvalue weighted by Gasteiger charge is -2.36. The summed E-state index contributed by atoms with van der Waals surface area (Å²) in [5.41, 5.74) is 0.936. The number of rotatable bonds is 2. The van der Waals surface area contributed by atoms with Gasteiger partial charge in [0.1, 0.15) is 0 Å². The highest BCUT2D eigenvalue weighted by atomic mass is 35.5. The van der Waals surface area contributed by atoms with E-state index in [1.165, 1.54) is 0 Å². The number of halogens is 2. The van der Waals surface area contributed by atoms with E-state index in [4.69, 9.17) is 23.2 Å². The van der Waals surface area contributed by atoms with Gasteiger partial charge in [-0.15, -0.1) is 0 Å². The second-order valence-corrected chi connectivity index (χ2v) is 5.13. The van der Waals surface area contributed by atoms with E-state index in [1.54, 1.807) is 6.07 Å². The van der Waals surface area contributed by atoms with Crippen LogP contribution in [0.1, 0.15) is 18.4 Å². The van der Waals surface area contributed by atoms with Crippen LogP contribution in [0.5, 0.6) is 0 Å². The van der Waals surface area contributed by atoms with E-state index in [9.17, 15) is 5.11 Å². The van der Waals surface area contributed by atoms with Crippen molar-refractivity contribution in [1.29, 1.82) is 0 Å². The minimum absolute atomic E-state index is 0.153. The molecule has 88 valence electrons. The van der Waals surface area contributed by atoms with Crippen molar-refractivity contribution in [2.24, 2.45) is 0 Å². The molecule has 1 saturated heterocycles. The van der Waals surface area contributed by atoms with Crippen molar-refractivity contribution < 1.29 is 5.11 Å². The van der Waals surface area contributed by atoms with E-state index in [0.29, 0.717) is 10.0 Å². The molecule has 1 fully saturated rings. The Bertz CT molecular complexity index is 375. The number of piperidine rings is 1. The van der Waals surface area contributed by atoms with Gasteiger partial charge in [0.25, 0.3) is 0 Å². The summed E-state index contributed by atoms with van der Waals surface area (Å²) in [6, 6.07) is 5.65. The number of hydrogen-bond donors (Lipinski definition) is 2. The summed E-state index contributed by atoms with van der Waals surface area (Å²) in [6.45, 7) is 2.02. The zero-order valence-corrected chi connectivity index (χ0v) is 10.5. The quantitative estimate of drug-likeness (QED) is 0.856. The molecule has 0 saturated carbocycles. The summed E-state index contributed by atoms with van der Waals surface area (Å²) in [7, 11) is 0. The molecule has 2 rings (SSSR count). The fourth-order valence-electron chi connectivity index (χ4n) is 2.27. The standard InChI is InChI=1S/C12H15Cl2NO/c13-10-2-1-9(7-11(10)14)12(8-16)3-5-15-6-4-12/h1-2,7,15-16H,3-6,8H2. The first kappa shape index (κ1) is 12.2. The Hall–Kier alpha value is -0.280. The highest BCUT2D eigenvalue weighted by Gasteiger charge is 2.33. The second-order valence-electron chi connectivity index (χ2n) is 4.32. The van der Waals surface area contributed by atoms with Crippen molar-refractivity contribution in [3.8, 4) is 0 Å². The van der Waals surface area contributed by atoms with Crippen LogP contribution < -0.4 is 5.32 Å². The number of nitrogens with one attached hydrogen (secondary N) is 1. The van der Waals surface area contributed by atoms with Crippen molar-refractivity contribution >= 4 is 23.2 Å². The molecule has 0 aromatic heterocycles. The van der Waals surface area contributed by atoms with Gasteiger partial charge < -0.3 is 10.4 Å². The number of aliphatic hydroxyl groups is 1. The lowest BCUT2D eigenvalue weighted by atomic mass is 9.74. The Morgan fingerprint density at radius 3 is 2.44 bits per heavy atom. The Morgan fingerprint density at radius 1 is 1.19 bits per heavy atom. The van der Waals surface area contributed by atoms with Gasteiger partial charge in [-0.2, -0.15) is 0 Å². The van der Waals surface area contributed by atoms with Gasteiger partial charge in [0.15, 0.2) is 0 Å². The zero-order chi connectivity index (χ0) is 11.6. The second kappa shape index (κ2) is 4.92. The SMILES string of the molecule is OCC1(c2ccc(Cl)c(Cl)c2)CCNCC1. The summed E-state index contributed by atoms with van der Waals surface area (Å²) in [4.78, 5) is 0. The van der Waals surface area contributed by atoms with Gasteiger partial charge in [-0.3, -0.25) is 0 Å². The van der Waals surface area contributed by atoms with Crippen LogP contribution in [0.2, 0.25) is 10.0 Å². The smallest absolute Gasteiger partial charge is 0.0595 e. The highest BCUT2D eigenvalue weighted by Crippen LogP contribution is 2.36. The molecule has 0 unspecified atom stereocenters. The summed E-state index contributed by atoms with van der Waals surface area (Å²) in [5.74, 6) is 0. The van der Waals surface area contributed by atoms with E-state index in [2.05, 4.69) is 5.32 Å². The van der Waals surface area contributed by atoms with Crippen molar-refractivity contribution in [2.45, 2.75) is 18.3 Å². The molecule has 2 N–H and O–H groups in total. The minimum atomic E-state index is -0.153. The average molecular weight is 260 g/mol. The Kier molecular flexibility index (Phi) is 3.75. The molecule has 0 atom stereocenters. The maximum absolute atomic E-state index is 9.65. The molecule has 1 aliphatic rings. The molecule has 0 spiro atoms. The first-order valence-electron chi connectivity index (χ1n) is 5.45. The average Bonchev–Trinajstić information content (AvgIpc) is 2.33. The lowest BCUT2D eigenvalue weighted by Crippen LogP contribution is -2.42. The number of aliphatic hydroxyl groups excluding tert-OH is 1. The monoisotopic (exact) mass is 259 g/mol. The Morgan fingerprint density at radius 2 is 1.88 bits per heavy atom. The van der Waals surface area contributed by atoms with Crippen molar-refractivity contribution in [2.75, 3.05) is 19.7 Å². The molecule has 0 amide bonds. The van der Waals surface area contributed by atoms with Crippen LogP contribution in [0, 0.1) is 0 Å². The third-order valence-electron chi connectivity index (χ3n) is 3.40. The number of benzene rings is 1. The summed E-state index contributed by atoms with van der Waals surface area (Å²) in [5, 5.41) is 14.1. The Balaban J connectivity index is 2.35. The molecule has 1 aliphatic heterocycles. The summed E-state index contributed by atoms with van der Waals surface area (Å²) >= 11 is 11.9. The largest absolute Gasteiger partial charge is 0.395 e. The van der Waals surface area contributed by atoms with Crippen LogP contribution in [-0.2, 0) is 5.41 Å². The van der Waals surface area contributed by atoms with E-state index in [0.717, 1.165) is 31.5 Å². The highest BCUT2D eigenvalue weighted by molar-refractivity contribution is 6.42. The van der Waals surface area contributed by atoms with Gasteiger partial charge in [0, 0.05) is 5.41 Å². The molecular weight excluding hydrogens is 245 g/mol. The van der Waals surface area contributed by atoms with Crippen LogP contribution in [0.25, 0.3) is 0 Å². The molecule has 2 nitrogen and oxygen atoms in total. The fraction of sp³-hybridized carbons (Fsp3) is 0.500. The molecule has 0 radical (unpaired) electrons. The van der Waals surface area contributed by atoms with Crippen LogP contribution >= 0.6 is 23.2 Å². The zero-order valence-electron chi connectivity index (χ0n) is 8.97. The summed E-state index contributed by atoms with van der Waals surface area (Å²) in [6.07, 6.45) is 1.86. The van der Waals surface area contributed by atoms with E-state index in [-0.39, 0.29) is 12.0 Å². The van der Waals surface area contributed by atoms with Gasteiger partial charge in [0.2, 0.25) is 0 Å². The minimum Gasteiger partial charge on any atom is -0.395 e. The van der Waals surface area contributed by atoms with Crippen LogP contribution in [0.15, 0.2) is 18.2 Å². The van der Waals surface area contributed by atoms with E-state index >= 15 is 0 Å². The topological polar surface area (TPSA) is 32.3 Å². The normalized spacial score (nSPS) is 19.7. The molecule has 16 heavy (non-hydrogen) atoms. The molecule has 4 heteroatoms. The molecule has 1 aromatic rings. The molecular formula is C12H15Cl2NO. The van der Waals surface area contributed by atoms with Crippen LogP contribution in [0.3, 0.4) is 0 Å². The van der Waals surface area contributed by atoms with E-state index < -0.39 is 0 Å². The maximum atomic E-state index is 9.65. The van der Waals surface area contributed by atoms with Crippen molar-refractivity contribution in [1.82, 2.24) is 5.32 Å². The molecule has 1 heterocycles. The predicted molar refractivity (Wildman–Crippen MR) is 67.3 cm³/mol. The predicted octanol–water partition coefficient (Wildman–Crippen LogP) is 2.61. The molecule has 0 bridgehead atoms. The van der Waals surface area contributed by atoms with Gasteiger partial charge in [-0.25, -0.2) is 0 Å². The first-order chi connectivity index (χ1) is 7.68. The van der Waals surface area contributed by atoms with Crippen LogP contribution in [0.4, 0.5) is 0 Å². The van der Waals surface area contributed by atoms with Crippen LogP contribution in [-0.4, -0.2) is 24.8 Å². The maximum Gasteiger partial charge on any atom is 0.0595 e. The van der Waals surface area contributed by atoms with Crippen molar-refractivity contribution in [3.63, 3.8) is 0 Å².